The Morgan fingerprint density at radius 3 is 2.74 bits per heavy atom. The second-order valence-electron chi connectivity index (χ2n) is 7.65. The summed E-state index contributed by atoms with van der Waals surface area (Å²) >= 11 is 0. The molecule has 2 atom stereocenters. The number of benzene rings is 1. The van der Waals surface area contributed by atoms with E-state index in [1.54, 1.807) is 17.8 Å². The Morgan fingerprint density at radius 2 is 2.00 bits per heavy atom. The summed E-state index contributed by atoms with van der Waals surface area (Å²) in [5.41, 5.74) is 1.49. The van der Waals surface area contributed by atoms with Crippen LogP contribution in [-0.2, 0) is 13.7 Å². The summed E-state index contributed by atoms with van der Waals surface area (Å²) in [6.07, 6.45) is 4.61. The van der Waals surface area contributed by atoms with Crippen molar-refractivity contribution in [3.63, 3.8) is 0 Å². The molecular formula is C21H30N4O2. The zero-order valence-corrected chi connectivity index (χ0v) is 16.5. The molecule has 1 aliphatic rings. The molecule has 0 bridgehead atoms. The van der Waals surface area contributed by atoms with E-state index in [0.717, 1.165) is 24.9 Å². The molecule has 27 heavy (non-hydrogen) atoms. The molecular weight excluding hydrogens is 340 g/mol. The van der Waals surface area contributed by atoms with Crippen LogP contribution in [-0.4, -0.2) is 47.3 Å². The predicted octanol–water partition coefficient (Wildman–Crippen LogP) is 2.85. The molecule has 6 nitrogen and oxygen atoms in total. The molecule has 1 aliphatic carbocycles. The number of amides is 1. The largest absolute Gasteiger partial charge is 0.473 e. The molecule has 6 heteroatoms. The van der Waals surface area contributed by atoms with Gasteiger partial charge in [0.25, 0.3) is 5.91 Å². The van der Waals surface area contributed by atoms with Crippen molar-refractivity contribution >= 4 is 5.91 Å². The average Bonchev–Trinajstić information content (AvgIpc) is 3.03. The first-order valence-electron chi connectivity index (χ1n) is 9.69. The summed E-state index contributed by atoms with van der Waals surface area (Å²) in [6.45, 7) is 1.45. The van der Waals surface area contributed by atoms with Gasteiger partial charge in [-0.05, 0) is 38.4 Å². The Labute approximate surface area is 161 Å². The topological polar surface area (TPSA) is 59.4 Å². The monoisotopic (exact) mass is 370 g/mol. The van der Waals surface area contributed by atoms with Gasteiger partial charge in [0, 0.05) is 25.7 Å². The molecule has 1 amide bonds. The highest BCUT2D eigenvalue weighted by molar-refractivity contribution is 5.92. The van der Waals surface area contributed by atoms with Crippen LogP contribution in [0.1, 0.15) is 41.7 Å². The first kappa shape index (κ1) is 19.4. The maximum atomic E-state index is 12.7. The van der Waals surface area contributed by atoms with Gasteiger partial charge in [-0.2, -0.15) is 5.10 Å². The van der Waals surface area contributed by atoms with Crippen molar-refractivity contribution in [3.8, 4) is 5.88 Å². The number of nitrogens with one attached hydrogen (secondary N) is 1. The maximum absolute atomic E-state index is 12.7. The van der Waals surface area contributed by atoms with E-state index in [-0.39, 0.29) is 11.9 Å². The number of carbonyl (C=O) groups excluding carboxylic acids is 1. The Bertz CT molecular complexity index is 742. The van der Waals surface area contributed by atoms with Gasteiger partial charge < -0.3 is 15.0 Å². The van der Waals surface area contributed by atoms with Gasteiger partial charge >= 0.3 is 0 Å². The van der Waals surface area contributed by atoms with Gasteiger partial charge in [-0.25, -0.2) is 4.68 Å². The van der Waals surface area contributed by atoms with Crippen LogP contribution in [0.15, 0.2) is 36.4 Å². The van der Waals surface area contributed by atoms with Gasteiger partial charge in [0.15, 0.2) is 5.69 Å². The molecule has 0 aliphatic heterocycles. The number of rotatable bonds is 7. The lowest BCUT2D eigenvalue weighted by atomic mass is 9.84. The number of carbonyl (C=O) groups is 1. The number of ether oxygens (including phenoxy) is 1. The zero-order valence-electron chi connectivity index (χ0n) is 16.5. The summed E-state index contributed by atoms with van der Waals surface area (Å²) in [7, 11) is 5.97. The van der Waals surface area contributed by atoms with Crippen molar-refractivity contribution in [2.75, 3.05) is 20.6 Å². The van der Waals surface area contributed by atoms with Crippen LogP contribution in [0.25, 0.3) is 0 Å². The quantitative estimate of drug-likeness (QED) is 0.814. The minimum absolute atomic E-state index is 0.115. The van der Waals surface area contributed by atoms with Gasteiger partial charge in [0.1, 0.15) is 6.61 Å². The third-order valence-corrected chi connectivity index (χ3v) is 5.12. The molecule has 3 rings (SSSR count). The SMILES string of the molecule is CN(C)CC1CCCCC1NC(=O)c1cc(OCc2ccccc2)n(C)n1. The second-order valence-corrected chi connectivity index (χ2v) is 7.65. The molecule has 0 spiro atoms. The fourth-order valence-electron chi connectivity index (χ4n) is 3.76. The van der Waals surface area contributed by atoms with E-state index in [1.807, 2.05) is 30.3 Å². The minimum atomic E-state index is -0.115. The lowest BCUT2D eigenvalue weighted by molar-refractivity contribution is 0.0889. The van der Waals surface area contributed by atoms with E-state index in [0.29, 0.717) is 24.1 Å². The summed E-state index contributed by atoms with van der Waals surface area (Å²) in [5, 5.41) is 7.55. The van der Waals surface area contributed by atoms with Crippen molar-refractivity contribution in [1.29, 1.82) is 0 Å². The van der Waals surface area contributed by atoms with E-state index >= 15 is 0 Å². The minimum Gasteiger partial charge on any atom is -0.473 e. The number of hydrogen-bond acceptors (Lipinski definition) is 4. The van der Waals surface area contributed by atoms with Crippen molar-refractivity contribution in [2.24, 2.45) is 13.0 Å². The van der Waals surface area contributed by atoms with Crippen molar-refractivity contribution < 1.29 is 9.53 Å². The highest BCUT2D eigenvalue weighted by atomic mass is 16.5. The van der Waals surface area contributed by atoms with Crippen molar-refractivity contribution in [1.82, 2.24) is 20.0 Å². The Hall–Kier alpha value is -2.34. The first-order valence-corrected chi connectivity index (χ1v) is 9.69. The van der Waals surface area contributed by atoms with Crippen LogP contribution >= 0.6 is 0 Å². The molecule has 2 aromatic rings. The molecule has 1 fully saturated rings. The standard InChI is InChI=1S/C21H30N4O2/c1-24(2)14-17-11-7-8-12-18(17)22-21(26)19-13-20(25(3)23-19)27-15-16-9-5-4-6-10-16/h4-6,9-10,13,17-18H,7-8,11-12,14-15H2,1-3H3,(H,22,26). The van der Waals surface area contributed by atoms with Crippen LogP contribution in [0.4, 0.5) is 0 Å². The van der Waals surface area contributed by atoms with E-state index in [9.17, 15) is 4.79 Å². The summed E-state index contributed by atoms with van der Waals surface area (Å²) in [6, 6.07) is 11.9. The van der Waals surface area contributed by atoms with Crippen LogP contribution in [0, 0.1) is 5.92 Å². The van der Waals surface area contributed by atoms with E-state index in [4.69, 9.17) is 4.74 Å². The maximum Gasteiger partial charge on any atom is 0.272 e. The summed E-state index contributed by atoms with van der Waals surface area (Å²) in [4.78, 5) is 14.9. The number of aromatic nitrogens is 2. The highest BCUT2D eigenvalue weighted by Crippen LogP contribution is 2.25. The van der Waals surface area contributed by atoms with Crippen molar-refractivity contribution in [2.45, 2.75) is 38.3 Å². The third kappa shape index (κ3) is 5.32. The first-order chi connectivity index (χ1) is 13.0. The molecule has 1 N–H and O–H groups in total. The molecule has 1 aromatic carbocycles. The molecule has 1 aromatic heterocycles. The molecule has 2 unspecified atom stereocenters. The predicted molar refractivity (Wildman–Crippen MR) is 106 cm³/mol. The lowest BCUT2D eigenvalue weighted by Crippen LogP contribution is -2.45. The smallest absolute Gasteiger partial charge is 0.272 e. The number of hydrogen-bond donors (Lipinski definition) is 1. The van der Waals surface area contributed by atoms with Crippen LogP contribution in [0.2, 0.25) is 0 Å². The van der Waals surface area contributed by atoms with E-state index in [1.165, 1.54) is 12.8 Å². The molecule has 0 radical (unpaired) electrons. The molecule has 146 valence electrons. The Balaban J connectivity index is 1.61. The zero-order chi connectivity index (χ0) is 19.2. The van der Waals surface area contributed by atoms with Crippen molar-refractivity contribution in [3.05, 3.63) is 47.7 Å². The number of aryl methyl sites for hydroxylation is 1. The average molecular weight is 370 g/mol. The van der Waals surface area contributed by atoms with Crippen LogP contribution in [0.3, 0.4) is 0 Å². The fourth-order valence-corrected chi connectivity index (χ4v) is 3.76. The van der Waals surface area contributed by atoms with Gasteiger partial charge in [0.2, 0.25) is 5.88 Å². The van der Waals surface area contributed by atoms with Gasteiger partial charge in [-0.3, -0.25) is 4.79 Å². The normalized spacial score (nSPS) is 19.9. The van der Waals surface area contributed by atoms with E-state index in [2.05, 4.69) is 29.4 Å². The molecule has 0 saturated heterocycles. The molecule has 1 saturated carbocycles. The third-order valence-electron chi connectivity index (χ3n) is 5.12. The second kappa shape index (κ2) is 9.04. The van der Waals surface area contributed by atoms with E-state index < -0.39 is 0 Å². The van der Waals surface area contributed by atoms with Crippen LogP contribution in [0.5, 0.6) is 5.88 Å². The van der Waals surface area contributed by atoms with Gasteiger partial charge in [-0.1, -0.05) is 43.2 Å². The van der Waals surface area contributed by atoms with Gasteiger partial charge in [-0.15, -0.1) is 0 Å². The summed E-state index contributed by atoms with van der Waals surface area (Å²) in [5.74, 6) is 0.975. The number of nitrogens with zero attached hydrogens (tertiary/aromatic N) is 3. The fraction of sp³-hybridized carbons (Fsp3) is 0.524. The van der Waals surface area contributed by atoms with Crippen LogP contribution < -0.4 is 10.1 Å². The van der Waals surface area contributed by atoms with Gasteiger partial charge in [0.05, 0.1) is 0 Å². The summed E-state index contributed by atoms with van der Waals surface area (Å²) < 4.78 is 7.45. The Kier molecular flexibility index (Phi) is 6.50. The highest BCUT2D eigenvalue weighted by Gasteiger charge is 2.28. The molecule has 1 heterocycles. The lowest BCUT2D eigenvalue weighted by Gasteiger charge is -2.33. The Morgan fingerprint density at radius 1 is 1.26 bits per heavy atom.